The van der Waals surface area contributed by atoms with Gasteiger partial charge in [0.1, 0.15) is 5.01 Å². The Labute approximate surface area is 196 Å². The normalized spacial score (nSPS) is 17.3. The van der Waals surface area contributed by atoms with Crippen molar-refractivity contribution in [3.05, 3.63) is 68.6 Å². The Kier molecular flexibility index (Phi) is 6.62. The van der Waals surface area contributed by atoms with Crippen LogP contribution in [-0.2, 0) is 10.0 Å². The van der Waals surface area contributed by atoms with Gasteiger partial charge in [-0.15, -0.1) is 10.2 Å². The Bertz CT molecular complexity index is 1260. The minimum Gasteiger partial charge on any atom is -0.320 e. The number of anilines is 1. The summed E-state index contributed by atoms with van der Waals surface area (Å²) < 4.78 is 28.0. The van der Waals surface area contributed by atoms with E-state index in [1.54, 1.807) is 25.1 Å². The number of aryl methyl sites for hydroxylation is 1. The van der Waals surface area contributed by atoms with Gasteiger partial charge in [0.2, 0.25) is 15.0 Å². The van der Waals surface area contributed by atoms with Gasteiger partial charge in [-0.05, 0) is 56.0 Å². The summed E-state index contributed by atoms with van der Waals surface area (Å²) >= 11 is 7.36. The van der Waals surface area contributed by atoms with Gasteiger partial charge in [0, 0.05) is 29.7 Å². The van der Waals surface area contributed by atoms with Crippen LogP contribution in [-0.4, -0.2) is 41.9 Å². The summed E-state index contributed by atoms with van der Waals surface area (Å²) in [4.78, 5) is 12.8. The molecule has 10 heteroatoms. The number of amides is 1. The molecule has 168 valence electrons. The number of benzene rings is 2. The van der Waals surface area contributed by atoms with Crippen molar-refractivity contribution in [1.82, 2.24) is 14.5 Å². The van der Waals surface area contributed by atoms with Gasteiger partial charge in [-0.1, -0.05) is 47.2 Å². The number of sulfonamides is 1. The molecule has 1 unspecified atom stereocenters. The third kappa shape index (κ3) is 4.56. The number of carbonyl (C=O) groups excluding carboxylic acids is 1. The zero-order valence-corrected chi connectivity index (χ0v) is 20.1. The average molecular weight is 491 g/mol. The van der Waals surface area contributed by atoms with Gasteiger partial charge < -0.3 is 5.32 Å². The summed E-state index contributed by atoms with van der Waals surface area (Å²) in [7, 11) is -3.69. The fraction of sp³-hybridized carbons (Fsp3) is 0.318. The molecule has 0 radical (unpaired) electrons. The summed E-state index contributed by atoms with van der Waals surface area (Å²) in [5, 5.41) is 12.5. The molecule has 1 atom stereocenters. The molecule has 0 bridgehead atoms. The van der Waals surface area contributed by atoms with Crippen LogP contribution in [0, 0.1) is 13.8 Å². The van der Waals surface area contributed by atoms with Gasteiger partial charge in [0.25, 0.3) is 5.91 Å². The maximum absolute atomic E-state index is 13.3. The van der Waals surface area contributed by atoms with Crippen molar-refractivity contribution < 1.29 is 13.2 Å². The molecule has 1 aliphatic rings. The predicted octanol–water partition coefficient (Wildman–Crippen LogP) is 4.63. The van der Waals surface area contributed by atoms with Crippen molar-refractivity contribution in [2.45, 2.75) is 37.5 Å². The zero-order valence-electron chi connectivity index (χ0n) is 17.7. The van der Waals surface area contributed by atoms with Crippen LogP contribution in [0.15, 0.2) is 47.4 Å². The van der Waals surface area contributed by atoms with Crippen LogP contribution >= 0.6 is 22.9 Å². The van der Waals surface area contributed by atoms with Crippen molar-refractivity contribution in [3.8, 4) is 0 Å². The molecule has 32 heavy (non-hydrogen) atoms. The molecule has 1 amide bonds. The van der Waals surface area contributed by atoms with Gasteiger partial charge in [-0.3, -0.25) is 4.79 Å². The van der Waals surface area contributed by atoms with E-state index in [0.29, 0.717) is 35.1 Å². The quantitative estimate of drug-likeness (QED) is 0.563. The van der Waals surface area contributed by atoms with Crippen LogP contribution in [0.3, 0.4) is 0 Å². The number of carbonyl (C=O) groups is 1. The molecule has 1 saturated heterocycles. The highest BCUT2D eigenvalue weighted by Gasteiger charge is 2.33. The molecule has 1 aromatic heterocycles. The first-order valence-electron chi connectivity index (χ1n) is 10.2. The number of piperidine rings is 1. The number of nitrogens with zero attached hydrogens (tertiary/aromatic N) is 3. The topological polar surface area (TPSA) is 92.3 Å². The Morgan fingerprint density at radius 1 is 1.16 bits per heavy atom. The second kappa shape index (κ2) is 9.27. The van der Waals surface area contributed by atoms with E-state index in [1.165, 1.54) is 15.6 Å². The van der Waals surface area contributed by atoms with E-state index >= 15 is 0 Å². The lowest BCUT2D eigenvalue weighted by atomic mass is 10.0. The SMILES string of the molecule is Cc1ccccc1NC(=O)c1nnc(C2CCCN(S(=O)(=O)c3cccc(Cl)c3C)C2)s1. The van der Waals surface area contributed by atoms with Crippen molar-refractivity contribution >= 4 is 44.6 Å². The van der Waals surface area contributed by atoms with Crippen LogP contribution in [0.25, 0.3) is 0 Å². The minimum absolute atomic E-state index is 0.115. The van der Waals surface area contributed by atoms with Gasteiger partial charge in [-0.25, -0.2) is 8.42 Å². The highest BCUT2D eigenvalue weighted by molar-refractivity contribution is 7.89. The number of rotatable bonds is 5. The Morgan fingerprint density at radius 2 is 1.94 bits per heavy atom. The molecule has 0 saturated carbocycles. The summed E-state index contributed by atoms with van der Waals surface area (Å²) in [5.41, 5.74) is 2.22. The van der Waals surface area contributed by atoms with Crippen LogP contribution < -0.4 is 5.32 Å². The van der Waals surface area contributed by atoms with E-state index in [4.69, 9.17) is 11.6 Å². The Balaban J connectivity index is 1.51. The number of halogens is 1. The maximum atomic E-state index is 13.3. The Hall–Kier alpha value is -2.33. The first-order chi connectivity index (χ1) is 15.3. The van der Waals surface area contributed by atoms with Gasteiger partial charge in [0.05, 0.1) is 4.90 Å². The highest BCUT2D eigenvalue weighted by atomic mass is 35.5. The molecule has 2 heterocycles. The molecule has 7 nitrogen and oxygen atoms in total. The van der Waals surface area contributed by atoms with E-state index < -0.39 is 10.0 Å². The Morgan fingerprint density at radius 3 is 2.72 bits per heavy atom. The molecule has 2 aromatic carbocycles. The number of para-hydroxylation sites is 1. The monoisotopic (exact) mass is 490 g/mol. The molecule has 3 aromatic rings. The molecular weight excluding hydrogens is 468 g/mol. The lowest BCUT2D eigenvalue weighted by molar-refractivity contribution is 0.102. The molecule has 0 aliphatic carbocycles. The van der Waals surface area contributed by atoms with E-state index in [9.17, 15) is 13.2 Å². The van der Waals surface area contributed by atoms with E-state index in [-0.39, 0.29) is 21.7 Å². The lowest BCUT2D eigenvalue weighted by Gasteiger charge is -2.31. The van der Waals surface area contributed by atoms with Crippen LogP contribution in [0.1, 0.15) is 44.7 Å². The molecule has 0 spiro atoms. The third-order valence-corrected chi connectivity index (χ3v) is 9.10. The van der Waals surface area contributed by atoms with E-state index in [0.717, 1.165) is 17.7 Å². The van der Waals surface area contributed by atoms with E-state index in [2.05, 4.69) is 15.5 Å². The second-order valence-corrected chi connectivity index (χ2v) is 11.1. The fourth-order valence-corrected chi connectivity index (χ4v) is 6.61. The molecule has 1 aliphatic heterocycles. The predicted molar refractivity (Wildman–Crippen MR) is 126 cm³/mol. The van der Waals surface area contributed by atoms with Crippen molar-refractivity contribution in [2.24, 2.45) is 0 Å². The maximum Gasteiger partial charge on any atom is 0.286 e. The number of hydrogen-bond donors (Lipinski definition) is 1. The fourth-order valence-electron chi connectivity index (χ4n) is 3.75. The summed E-state index contributed by atoms with van der Waals surface area (Å²) in [6.45, 7) is 4.35. The minimum atomic E-state index is -3.69. The highest BCUT2D eigenvalue weighted by Crippen LogP contribution is 2.33. The second-order valence-electron chi connectivity index (χ2n) is 7.78. The summed E-state index contributed by atoms with van der Waals surface area (Å²) in [6.07, 6.45) is 1.49. The van der Waals surface area contributed by atoms with Crippen LogP contribution in [0.5, 0.6) is 0 Å². The summed E-state index contributed by atoms with van der Waals surface area (Å²) in [5.74, 6) is -0.437. The summed E-state index contributed by atoms with van der Waals surface area (Å²) in [6, 6.07) is 12.4. The number of hydrogen-bond acceptors (Lipinski definition) is 6. The lowest BCUT2D eigenvalue weighted by Crippen LogP contribution is -2.39. The van der Waals surface area contributed by atoms with Crippen molar-refractivity contribution in [1.29, 1.82) is 0 Å². The standard InChI is InChI=1S/C22H23ClN4O3S2/c1-14-7-3-4-10-18(14)24-20(28)22-26-25-21(31-22)16-8-6-12-27(13-16)32(29,30)19-11-5-9-17(23)15(19)2/h3-5,7,9-11,16H,6,8,12-13H2,1-2H3,(H,24,28). The third-order valence-electron chi connectivity index (χ3n) is 5.60. The van der Waals surface area contributed by atoms with E-state index in [1.807, 2.05) is 31.2 Å². The zero-order chi connectivity index (χ0) is 22.9. The average Bonchev–Trinajstić information content (AvgIpc) is 3.28. The van der Waals surface area contributed by atoms with Gasteiger partial charge >= 0.3 is 0 Å². The molecule has 4 rings (SSSR count). The number of aromatic nitrogens is 2. The first-order valence-corrected chi connectivity index (χ1v) is 12.9. The van der Waals surface area contributed by atoms with Crippen molar-refractivity contribution in [3.63, 3.8) is 0 Å². The largest absolute Gasteiger partial charge is 0.320 e. The smallest absolute Gasteiger partial charge is 0.286 e. The van der Waals surface area contributed by atoms with Crippen LogP contribution in [0.4, 0.5) is 5.69 Å². The van der Waals surface area contributed by atoms with Gasteiger partial charge in [0.15, 0.2) is 0 Å². The number of nitrogens with one attached hydrogen (secondary N) is 1. The van der Waals surface area contributed by atoms with Crippen molar-refractivity contribution in [2.75, 3.05) is 18.4 Å². The molecular formula is C22H23ClN4O3S2. The first kappa shape index (κ1) is 22.8. The molecule has 1 fully saturated rings. The molecule has 1 N–H and O–H groups in total. The van der Waals surface area contributed by atoms with Crippen LogP contribution in [0.2, 0.25) is 5.02 Å². The van der Waals surface area contributed by atoms with Gasteiger partial charge in [-0.2, -0.15) is 4.31 Å².